The van der Waals surface area contributed by atoms with Crippen LogP contribution in [0.1, 0.15) is 60.2 Å². The van der Waals surface area contributed by atoms with Gasteiger partial charge in [-0.05, 0) is 71.0 Å². The highest BCUT2D eigenvalue weighted by molar-refractivity contribution is 6.40. The molecule has 2 aromatic rings. The number of ether oxygens (including phenoxy) is 2. The second-order valence-electron chi connectivity index (χ2n) is 9.36. The van der Waals surface area contributed by atoms with E-state index in [1.54, 1.807) is 31.2 Å². The smallest absolute Gasteiger partial charge is 0.381 e. The van der Waals surface area contributed by atoms with Crippen molar-refractivity contribution in [2.24, 2.45) is 0 Å². The van der Waals surface area contributed by atoms with E-state index in [0.29, 0.717) is 54.5 Å². The van der Waals surface area contributed by atoms with E-state index in [1.807, 2.05) is 29.4 Å². The predicted molar refractivity (Wildman–Crippen MR) is 132 cm³/mol. The molecule has 1 aromatic heterocycles. The Morgan fingerprint density at radius 2 is 1.77 bits per heavy atom. The van der Waals surface area contributed by atoms with Gasteiger partial charge in [0.25, 0.3) is 11.7 Å². The van der Waals surface area contributed by atoms with Gasteiger partial charge in [0.1, 0.15) is 5.75 Å². The van der Waals surface area contributed by atoms with Crippen molar-refractivity contribution < 1.29 is 23.9 Å². The first-order valence-electron chi connectivity index (χ1n) is 12.1. The summed E-state index contributed by atoms with van der Waals surface area (Å²) in [5.41, 5.74) is 1.59. The van der Waals surface area contributed by atoms with Gasteiger partial charge in [0.05, 0.1) is 29.0 Å². The molecule has 1 saturated heterocycles. The standard InChI is InChI=1S/C26H32ClN3O5/c1-5-34-25(33)23(31)20-7-9-22-26(28(4)14-15-30(20)22)10-12-29(13-11-26)24(32)18-6-8-21(19(27)16-18)35-17(2)3/h6-9,16-17H,5,10-15H2,1-4H3. The van der Waals surface area contributed by atoms with Crippen LogP contribution in [0, 0.1) is 0 Å². The molecule has 3 heterocycles. The fraction of sp³-hybridized carbons (Fsp3) is 0.500. The molecule has 35 heavy (non-hydrogen) atoms. The lowest BCUT2D eigenvalue weighted by Crippen LogP contribution is -2.56. The molecule has 0 aliphatic carbocycles. The molecule has 0 radical (unpaired) electrons. The number of benzene rings is 1. The molecule has 8 nitrogen and oxygen atoms in total. The van der Waals surface area contributed by atoms with Gasteiger partial charge < -0.3 is 18.9 Å². The molecular weight excluding hydrogens is 470 g/mol. The zero-order valence-corrected chi connectivity index (χ0v) is 21.4. The number of rotatable bonds is 6. The van der Waals surface area contributed by atoms with Crippen LogP contribution in [0.25, 0.3) is 0 Å². The second-order valence-corrected chi connectivity index (χ2v) is 9.77. The van der Waals surface area contributed by atoms with Gasteiger partial charge in [-0.25, -0.2) is 4.79 Å². The van der Waals surface area contributed by atoms with E-state index in [1.165, 1.54) is 0 Å². The summed E-state index contributed by atoms with van der Waals surface area (Å²) in [6, 6.07) is 8.81. The normalized spacial score (nSPS) is 17.4. The van der Waals surface area contributed by atoms with Crippen LogP contribution in [0.5, 0.6) is 5.75 Å². The highest BCUT2D eigenvalue weighted by Gasteiger charge is 2.45. The van der Waals surface area contributed by atoms with E-state index in [9.17, 15) is 14.4 Å². The third-order valence-corrected chi connectivity index (χ3v) is 7.26. The molecule has 1 spiro atoms. The SMILES string of the molecule is CCOC(=O)C(=O)c1ccc2n1CCN(C)C21CCN(C(=O)c2ccc(OC(C)C)c(Cl)c2)CC1. The Kier molecular flexibility index (Phi) is 7.24. The van der Waals surface area contributed by atoms with Gasteiger partial charge in [-0.1, -0.05) is 11.6 Å². The lowest BCUT2D eigenvalue weighted by atomic mass is 9.81. The number of ketones is 1. The first kappa shape index (κ1) is 25.3. The highest BCUT2D eigenvalue weighted by Crippen LogP contribution is 2.42. The van der Waals surface area contributed by atoms with E-state index >= 15 is 0 Å². The first-order chi connectivity index (χ1) is 16.7. The summed E-state index contributed by atoms with van der Waals surface area (Å²) in [6.45, 7) is 8.18. The average molecular weight is 502 g/mol. The van der Waals surface area contributed by atoms with E-state index in [0.717, 1.165) is 12.2 Å². The number of hydrogen-bond donors (Lipinski definition) is 0. The number of aromatic nitrogens is 1. The van der Waals surface area contributed by atoms with Gasteiger partial charge in [0, 0.05) is 37.4 Å². The molecule has 0 bridgehead atoms. The lowest BCUT2D eigenvalue weighted by Gasteiger charge is -2.50. The summed E-state index contributed by atoms with van der Waals surface area (Å²) in [5.74, 6) is -0.948. The minimum absolute atomic E-state index is 0.00753. The Balaban J connectivity index is 1.52. The molecule has 0 unspecified atom stereocenters. The molecule has 4 rings (SSSR count). The fourth-order valence-electron chi connectivity index (χ4n) is 5.16. The number of carbonyl (C=O) groups excluding carboxylic acids is 3. The predicted octanol–water partition coefficient (Wildman–Crippen LogP) is 3.75. The third kappa shape index (κ3) is 4.69. The van der Waals surface area contributed by atoms with Crippen LogP contribution >= 0.6 is 11.6 Å². The summed E-state index contributed by atoms with van der Waals surface area (Å²) in [6.07, 6.45) is 1.43. The molecule has 1 amide bonds. The maximum atomic E-state index is 13.2. The third-order valence-electron chi connectivity index (χ3n) is 6.96. The van der Waals surface area contributed by atoms with Crippen LogP contribution in [0.3, 0.4) is 0 Å². The Morgan fingerprint density at radius 1 is 1.06 bits per heavy atom. The fourth-order valence-corrected chi connectivity index (χ4v) is 5.38. The van der Waals surface area contributed by atoms with Gasteiger partial charge >= 0.3 is 5.97 Å². The Bertz CT molecular complexity index is 1130. The maximum Gasteiger partial charge on any atom is 0.381 e. The van der Waals surface area contributed by atoms with Crippen LogP contribution < -0.4 is 4.74 Å². The molecule has 2 aliphatic rings. The molecule has 9 heteroatoms. The van der Waals surface area contributed by atoms with Crippen LogP contribution in [0.15, 0.2) is 30.3 Å². The van der Waals surface area contributed by atoms with Crippen molar-refractivity contribution in [3.63, 3.8) is 0 Å². The summed E-state index contributed by atoms with van der Waals surface area (Å²) in [4.78, 5) is 42.1. The topological polar surface area (TPSA) is 81.1 Å². The number of likely N-dealkylation sites (N-methyl/N-ethyl adjacent to an activating group) is 1. The van der Waals surface area contributed by atoms with E-state index in [-0.39, 0.29) is 24.2 Å². The first-order valence-corrected chi connectivity index (χ1v) is 12.4. The van der Waals surface area contributed by atoms with Crippen LogP contribution in [0.4, 0.5) is 0 Å². The minimum Gasteiger partial charge on any atom is -0.489 e. The van der Waals surface area contributed by atoms with Gasteiger partial charge in [-0.3, -0.25) is 14.5 Å². The Morgan fingerprint density at radius 3 is 2.40 bits per heavy atom. The largest absolute Gasteiger partial charge is 0.489 e. The number of hydrogen-bond acceptors (Lipinski definition) is 6. The zero-order valence-electron chi connectivity index (χ0n) is 20.7. The minimum atomic E-state index is -0.828. The molecule has 2 aliphatic heterocycles. The molecule has 1 aromatic carbocycles. The summed E-state index contributed by atoms with van der Waals surface area (Å²) < 4.78 is 12.5. The van der Waals surface area contributed by atoms with E-state index in [4.69, 9.17) is 21.1 Å². The van der Waals surface area contributed by atoms with Crippen molar-refractivity contribution in [3.8, 4) is 5.75 Å². The molecule has 0 atom stereocenters. The summed E-state index contributed by atoms with van der Waals surface area (Å²) in [5, 5.41) is 0.418. The monoisotopic (exact) mass is 501 g/mol. The number of esters is 1. The molecule has 188 valence electrons. The van der Waals surface area contributed by atoms with Crippen molar-refractivity contribution >= 4 is 29.3 Å². The Hall–Kier alpha value is -2.84. The number of piperidine rings is 1. The van der Waals surface area contributed by atoms with Crippen LogP contribution in [0.2, 0.25) is 5.02 Å². The zero-order chi connectivity index (χ0) is 25.3. The van der Waals surface area contributed by atoms with Crippen LogP contribution in [-0.2, 0) is 21.6 Å². The van der Waals surface area contributed by atoms with E-state index in [2.05, 4.69) is 11.9 Å². The van der Waals surface area contributed by atoms with E-state index < -0.39 is 11.8 Å². The van der Waals surface area contributed by atoms with Gasteiger partial charge in [-0.2, -0.15) is 0 Å². The number of fused-ring (bicyclic) bond motifs is 2. The number of likely N-dealkylation sites (tertiary alicyclic amines) is 1. The average Bonchev–Trinajstić information content (AvgIpc) is 3.27. The maximum absolute atomic E-state index is 13.2. The number of amides is 1. The quantitative estimate of drug-likeness (QED) is 0.340. The Labute approximate surface area is 210 Å². The molecule has 0 N–H and O–H groups in total. The van der Waals surface area contributed by atoms with Gasteiger partial charge in [0.2, 0.25) is 0 Å². The summed E-state index contributed by atoms with van der Waals surface area (Å²) in [7, 11) is 2.08. The highest BCUT2D eigenvalue weighted by atomic mass is 35.5. The van der Waals surface area contributed by atoms with Crippen molar-refractivity contribution in [3.05, 3.63) is 52.3 Å². The number of carbonyl (C=O) groups is 3. The van der Waals surface area contributed by atoms with Gasteiger partial charge in [0.15, 0.2) is 0 Å². The van der Waals surface area contributed by atoms with Crippen molar-refractivity contribution in [1.29, 1.82) is 0 Å². The van der Waals surface area contributed by atoms with Crippen molar-refractivity contribution in [2.45, 2.75) is 51.8 Å². The lowest BCUT2D eigenvalue weighted by molar-refractivity contribution is -0.137. The molecular formula is C26H32ClN3O5. The van der Waals surface area contributed by atoms with Gasteiger partial charge in [-0.15, -0.1) is 0 Å². The molecule has 1 fully saturated rings. The van der Waals surface area contributed by atoms with Crippen molar-refractivity contribution in [2.75, 3.05) is 33.3 Å². The van der Waals surface area contributed by atoms with Crippen molar-refractivity contribution in [1.82, 2.24) is 14.4 Å². The number of Topliss-reactive ketones (excluding diaryl/α,β-unsaturated/α-hetero) is 1. The number of halogens is 1. The second kappa shape index (κ2) is 10.0. The number of nitrogens with zero attached hydrogens (tertiary/aromatic N) is 3. The van der Waals surface area contributed by atoms with Crippen LogP contribution in [-0.4, -0.2) is 71.4 Å². The molecule has 0 saturated carbocycles. The summed E-state index contributed by atoms with van der Waals surface area (Å²) >= 11 is 6.35.